The fourth-order valence-electron chi connectivity index (χ4n) is 2.71. The fourth-order valence-corrected chi connectivity index (χ4v) is 3.28. The van der Waals surface area contributed by atoms with Crippen LogP contribution in [0.15, 0.2) is 24.3 Å². The highest BCUT2D eigenvalue weighted by Crippen LogP contribution is 2.18. The van der Waals surface area contributed by atoms with E-state index in [1.807, 2.05) is 18.5 Å². The van der Waals surface area contributed by atoms with Crippen molar-refractivity contribution in [2.45, 2.75) is 40.7 Å². The second-order valence-corrected chi connectivity index (χ2v) is 8.65. The molecular formula is C18H26N4O3S. The molecule has 0 unspecified atom stereocenters. The van der Waals surface area contributed by atoms with Crippen molar-refractivity contribution in [1.29, 1.82) is 0 Å². The van der Waals surface area contributed by atoms with Gasteiger partial charge in [-0.3, -0.25) is 14.2 Å². The Bertz CT molecular complexity index is 884. The standard InChI is InChI=1S/C18H26N4O3S/c1-12(2)11-22-14(4)17(13(3)20-22)10-18(23)19-15-6-8-16(9-7-15)21-26(5,24)25/h6-9,12,21H,10-11H2,1-5H3,(H,19,23). The number of hydrogen-bond donors (Lipinski definition) is 2. The van der Waals surface area contributed by atoms with Crippen molar-refractivity contribution in [3.05, 3.63) is 41.2 Å². The zero-order valence-electron chi connectivity index (χ0n) is 15.8. The first-order chi connectivity index (χ1) is 12.0. The van der Waals surface area contributed by atoms with Gasteiger partial charge >= 0.3 is 0 Å². The van der Waals surface area contributed by atoms with E-state index >= 15 is 0 Å². The van der Waals surface area contributed by atoms with E-state index in [9.17, 15) is 13.2 Å². The van der Waals surface area contributed by atoms with Crippen LogP contribution in [0.5, 0.6) is 0 Å². The Morgan fingerprint density at radius 2 is 1.73 bits per heavy atom. The van der Waals surface area contributed by atoms with Gasteiger partial charge in [0.15, 0.2) is 0 Å². The molecule has 7 nitrogen and oxygen atoms in total. The smallest absolute Gasteiger partial charge is 0.229 e. The van der Waals surface area contributed by atoms with Crippen molar-refractivity contribution >= 4 is 27.3 Å². The third-order valence-corrected chi connectivity index (χ3v) is 4.49. The van der Waals surface area contributed by atoms with Crippen LogP contribution in [0.1, 0.15) is 30.8 Å². The van der Waals surface area contributed by atoms with Gasteiger partial charge in [-0.25, -0.2) is 8.42 Å². The molecule has 1 amide bonds. The van der Waals surface area contributed by atoms with Crippen LogP contribution < -0.4 is 10.0 Å². The molecule has 0 aliphatic heterocycles. The number of sulfonamides is 1. The second-order valence-electron chi connectivity index (χ2n) is 6.90. The van der Waals surface area contributed by atoms with Gasteiger partial charge in [-0.2, -0.15) is 5.10 Å². The van der Waals surface area contributed by atoms with Crippen molar-refractivity contribution in [2.24, 2.45) is 5.92 Å². The van der Waals surface area contributed by atoms with Gasteiger partial charge in [0.2, 0.25) is 15.9 Å². The summed E-state index contributed by atoms with van der Waals surface area (Å²) in [5.74, 6) is 0.345. The molecule has 26 heavy (non-hydrogen) atoms. The predicted molar refractivity (Wildman–Crippen MR) is 104 cm³/mol. The summed E-state index contributed by atoms with van der Waals surface area (Å²) in [4.78, 5) is 12.4. The second kappa shape index (κ2) is 7.90. The Hall–Kier alpha value is -2.35. The van der Waals surface area contributed by atoms with E-state index in [4.69, 9.17) is 0 Å². The zero-order valence-corrected chi connectivity index (χ0v) is 16.6. The summed E-state index contributed by atoms with van der Waals surface area (Å²) in [5.41, 5.74) is 3.88. The van der Waals surface area contributed by atoms with Crippen molar-refractivity contribution < 1.29 is 13.2 Å². The maximum absolute atomic E-state index is 12.4. The van der Waals surface area contributed by atoms with E-state index in [2.05, 4.69) is 29.0 Å². The lowest BCUT2D eigenvalue weighted by Gasteiger charge is -2.09. The van der Waals surface area contributed by atoms with Gasteiger partial charge in [0.05, 0.1) is 18.4 Å². The van der Waals surface area contributed by atoms with E-state index in [1.54, 1.807) is 24.3 Å². The van der Waals surface area contributed by atoms with Gasteiger partial charge in [0, 0.05) is 29.2 Å². The van der Waals surface area contributed by atoms with Crippen molar-refractivity contribution in [1.82, 2.24) is 9.78 Å². The molecule has 0 spiro atoms. The quantitative estimate of drug-likeness (QED) is 0.775. The number of amides is 1. The highest BCUT2D eigenvalue weighted by Gasteiger charge is 2.15. The molecule has 0 bridgehead atoms. The summed E-state index contributed by atoms with van der Waals surface area (Å²) < 4.78 is 26.8. The number of carbonyl (C=O) groups is 1. The molecule has 1 aromatic heterocycles. The molecule has 8 heteroatoms. The Morgan fingerprint density at radius 3 is 2.27 bits per heavy atom. The first-order valence-electron chi connectivity index (χ1n) is 8.45. The number of benzene rings is 1. The Labute approximate surface area is 154 Å². The Kier molecular flexibility index (Phi) is 6.07. The molecule has 142 valence electrons. The number of aromatic nitrogens is 2. The van der Waals surface area contributed by atoms with Crippen molar-refractivity contribution in [3.8, 4) is 0 Å². The molecule has 0 aliphatic carbocycles. The number of carbonyl (C=O) groups excluding carboxylic acids is 1. The van der Waals surface area contributed by atoms with Gasteiger partial charge in [-0.05, 0) is 44.0 Å². The first-order valence-corrected chi connectivity index (χ1v) is 10.3. The number of nitrogens with one attached hydrogen (secondary N) is 2. The lowest BCUT2D eigenvalue weighted by Crippen LogP contribution is -2.16. The van der Waals surface area contributed by atoms with Gasteiger partial charge in [-0.1, -0.05) is 13.8 Å². The summed E-state index contributed by atoms with van der Waals surface area (Å²) in [5, 5.41) is 7.36. The SMILES string of the molecule is Cc1nn(CC(C)C)c(C)c1CC(=O)Nc1ccc(NS(C)(=O)=O)cc1. The number of rotatable bonds is 7. The summed E-state index contributed by atoms with van der Waals surface area (Å²) in [6.45, 7) is 8.98. The van der Waals surface area contributed by atoms with Crippen LogP contribution in [-0.2, 0) is 27.8 Å². The number of aryl methyl sites for hydroxylation is 1. The van der Waals surface area contributed by atoms with Crippen LogP contribution in [0.4, 0.5) is 11.4 Å². The molecule has 1 aromatic carbocycles. The molecule has 0 fully saturated rings. The van der Waals surface area contributed by atoms with Gasteiger partial charge in [0.1, 0.15) is 0 Å². The van der Waals surface area contributed by atoms with E-state index in [0.29, 0.717) is 17.3 Å². The lowest BCUT2D eigenvalue weighted by molar-refractivity contribution is -0.115. The minimum Gasteiger partial charge on any atom is -0.326 e. The highest BCUT2D eigenvalue weighted by molar-refractivity contribution is 7.92. The Balaban J connectivity index is 2.04. The summed E-state index contributed by atoms with van der Waals surface area (Å²) in [6.07, 6.45) is 1.34. The number of nitrogens with zero attached hydrogens (tertiary/aromatic N) is 2. The molecule has 2 rings (SSSR count). The number of anilines is 2. The molecule has 1 heterocycles. The third kappa shape index (κ3) is 5.59. The average molecular weight is 378 g/mol. The van der Waals surface area contributed by atoms with Crippen LogP contribution in [0.3, 0.4) is 0 Å². The fraction of sp³-hybridized carbons (Fsp3) is 0.444. The minimum absolute atomic E-state index is 0.135. The molecule has 2 N–H and O–H groups in total. The topological polar surface area (TPSA) is 93.1 Å². The lowest BCUT2D eigenvalue weighted by atomic mass is 10.1. The largest absolute Gasteiger partial charge is 0.326 e. The van der Waals surface area contributed by atoms with E-state index in [1.165, 1.54) is 0 Å². The minimum atomic E-state index is -3.32. The third-order valence-electron chi connectivity index (χ3n) is 3.88. The summed E-state index contributed by atoms with van der Waals surface area (Å²) in [6, 6.07) is 6.53. The molecule has 0 saturated carbocycles. The number of hydrogen-bond acceptors (Lipinski definition) is 4. The van der Waals surface area contributed by atoms with E-state index in [0.717, 1.165) is 29.8 Å². The molecule has 0 radical (unpaired) electrons. The van der Waals surface area contributed by atoms with Gasteiger partial charge in [-0.15, -0.1) is 0 Å². The first kappa shape index (κ1) is 20.0. The van der Waals surface area contributed by atoms with Crippen LogP contribution in [0.25, 0.3) is 0 Å². The average Bonchev–Trinajstić information content (AvgIpc) is 2.75. The molecule has 0 saturated heterocycles. The van der Waals surface area contributed by atoms with Crippen LogP contribution >= 0.6 is 0 Å². The van der Waals surface area contributed by atoms with Crippen molar-refractivity contribution in [3.63, 3.8) is 0 Å². The van der Waals surface area contributed by atoms with E-state index in [-0.39, 0.29) is 12.3 Å². The van der Waals surface area contributed by atoms with Crippen LogP contribution in [-0.4, -0.2) is 30.4 Å². The molecule has 2 aromatic rings. The maximum Gasteiger partial charge on any atom is 0.229 e. The van der Waals surface area contributed by atoms with Gasteiger partial charge in [0.25, 0.3) is 0 Å². The zero-order chi connectivity index (χ0) is 19.5. The normalized spacial score (nSPS) is 11.6. The summed E-state index contributed by atoms with van der Waals surface area (Å²) in [7, 11) is -3.32. The Morgan fingerprint density at radius 1 is 1.15 bits per heavy atom. The highest BCUT2D eigenvalue weighted by atomic mass is 32.2. The van der Waals surface area contributed by atoms with Crippen molar-refractivity contribution in [2.75, 3.05) is 16.3 Å². The van der Waals surface area contributed by atoms with E-state index < -0.39 is 10.0 Å². The summed E-state index contributed by atoms with van der Waals surface area (Å²) >= 11 is 0. The van der Waals surface area contributed by atoms with Crippen LogP contribution in [0, 0.1) is 19.8 Å². The monoisotopic (exact) mass is 378 g/mol. The molecular weight excluding hydrogens is 352 g/mol. The molecule has 0 aliphatic rings. The molecule has 0 atom stereocenters. The van der Waals surface area contributed by atoms with Crippen LogP contribution in [0.2, 0.25) is 0 Å². The predicted octanol–water partition coefficient (Wildman–Crippen LogP) is 2.71. The maximum atomic E-state index is 12.4. The van der Waals surface area contributed by atoms with Gasteiger partial charge < -0.3 is 5.32 Å².